The summed E-state index contributed by atoms with van der Waals surface area (Å²) in [6, 6.07) is 2.67. The maximum atomic E-state index is 13.0. The van der Waals surface area contributed by atoms with Crippen LogP contribution in [0.15, 0.2) is 23.2 Å². The Labute approximate surface area is 187 Å². The van der Waals surface area contributed by atoms with Gasteiger partial charge in [-0.1, -0.05) is 23.4 Å². The van der Waals surface area contributed by atoms with Crippen molar-refractivity contribution in [3.63, 3.8) is 0 Å². The number of hydrogen-bond acceptors (Lipinski definition) is 6. The summed E-state index contributed by atoms with van der Waals surface area (Å²) in [4.78, 5) is 33.3. The average Bonchev–Trinajstić information content (AvgIpc) is 2.99. The molecule has 3 aromatic rings. The lowest BCUT2D eigenvalue weighted by Gasteiger charge is -2.15. The van der Waals surface area contributed by atoms with Crippen molar-refractivity contribution < 1.29 is 27.9 Å². The number of carbonyl (C=O) groups excluding carboxylic acids is 1. The number of benzene rings is 1. The lowest BCUT2D eigenvalue weighted by atomic mass is 10.2. The van der Waals surface area contributed by atoms with E-state index in [1.54, 1.807) is 20.8 Å². The number of amides is 1. The molecule has 2 heterocycles. The Hall–Kier alpha value is -2.37. The summed E-state index contributed by atoms with van der Waals surface area (Å²) in [5.41, 5.74) is -0.600. The molecule has 6 nitrogen and oxygen atoms in total. The normalized spacial score (nSPS) is 12.7. The fourth-order valence-electron chi connectivity index (χ4n) is 2.75. The summed E-state index contributed by atoms with van der Waals surface area (Å²) in [5.74, 6) is -1.26. The molecule has 1 amide bonds. The number of thiophene rings is 1. The number of halogens is 4. The zero-order valence-corrected chi connectivity index (χ0v) is 18.7. The monoisotopic (exact) mass is 489 g/mol. The molecule has 0 aliphatic heterocycles. The molecule has 0 saturated heterocycles. The van der Waals surface area contributed by atoms with Gasteiger partial charge >= 0.3 is 12.1 Å². The highest BCUT2D eigenvalue weighted by Crippen LogP contribution is 2.38. The van der Waals surface area contributed by atoms with Gasteiger partial charge in [-0.2, -0.15) is 13.2 Å². The van der Waals surface area contributed by atoms with Crippen molar-refractivity contribution in [3.8, 4) is 0 Å². The predicted molar refractivity (Wildman–Crippen MR) is 114 cm³/mol. The van der Waals surface area contributed by atoms with Gasteiger partial charge in [-0.3, -0.25) is 4.79 Å². The molecule has 0 saturated carbocycles. The van der Waals surface area contributed by atoms with E-state index in [1.165, 1.54) is 0 Å². The summed E-state index contributed by atoms with van der Waals surface area (Å²) in [6.07, 6.45) is -4.58. The van der Waals surface area contributed by atoms with Gasteiger partial charge in [0.05, 0.1) is 21.5 Å². The van der Waals surface area contributed by atoms with Crippen LogP contribution in [-0.4, -0.2) is 32.2 Å². The van der Waals surface area contributed by atoms with Crippen LogP contribution in [0.2, 0.25) is 5.02 Å². The smallest absolute Gasteiger partial charge is 0.416 e. The standard InChI is InChI=1S/C19H15ClF3N3O3S2/c1-7-13-16(24-9(3)25-17(13)31-14(7)18(28)29)30-8(2)15(27)26-12-6-10(19(21,22)23)4-5-11(12)20/h4-6,8H,1-3H3,(H,26,27)(H,28,29). The van der Waals surface area contributed by atoms with E-state index in [0.717, 1.165) is 41.3 Å². The third kappa shape index (κ3) is 4.94. The Morgan fingerprint density at radius 2 is 1.94 bits per heavy atom. The molecule has 0 spiro atoms. The first-order chi connectivity index (χ1) is 14.4. The van der Waals surface area contributed by atoms with Gasteiger partial charge in [-0.15, -0.1) is 11.3 Å². The first-order valence-corrected chi connectivity index (χ1v) is 10.8. The van der Waals surface area contributed by atoms with E-state index in [9.17, 15) is 27.9 Å². The molecule has 164 valence electrons. The topological polar surface area (TPSA) is 92.2 Å². The fourth-order valence-corrected chi connectivity index (χ4v) is 5.09. The number of thioether (sulfide) groups is 1. The summed E-state index contributed by atoms with van der Waals surface area (Å²) >= 11 is 8.01. The largest absolute Gasteiger partial charge is 0.477 e. The maximum Gasteiger partial charge on any atom is 0.416 e. The zero-order chi connectivity index (χ0) is 23.1. The highest BCUT2D eigenvalue weighted by atomic mass is 35.5. The highest BCUT2D eigenvalue weighted by molar-refractivity contribution is 8.00. The number of aromatic nitrogens is 2. The molecular weight excluding hydrogens is 475 g/mol. The number of alkyl halides is 3. The minimum Gasteiger partial charge on any atom is -0.477 e. The number of aromatic carboxylic acids is 1. The van der Waals surface area contributed by atoms with Crippen LogP contribution in [0.3, 0.4) is 0 Å². The van der Waals surface area contributed by atoms with Gasteiger partial charge in [0.25, 0.3) is 0 Å². The van der Waals surface area contributed by atoms with E-state index in [-0.39, 0.29) is 15.6 Å². The molecule has 1 aromatic carbocycles. The molecule has 31 heavy (non-hydrogen) atoms. The zero-order valence-electron chi connectivity index (χ0n) is 16.3. The van der Waals surface area contributed by atoms with E-state index in [1.807, 2.05) is 0 Å². The minimum atomic E-state index is -4.58. The number of anilines is 1. The number of nitrogens with zero attached hydrogens (tertiary/aromatic N) is 2. The maximum absolute atomic E-state index is 13.0. The van der Waals surface area contributed by atoms with Crippen molar-refractivity contribution in [2.75, 3.05) is 5.32 Å². The number of rotatable bonds is 5. The van der Waals surface area contributed by atoms with Gasteiger partial charge in [0.15, 0.2) is 0 Å². The van der Waals surface area contributed by atoms with E-state index in [2.05, 4.69) is 15.3 Å². The quantitative estimate of drug-likeness (QED) is 0.347. The second-order valence-electron chi connectivity index (χ2n) is 6.56. The van der Waals surface area contributed by atoms with Crippen LogP contribution in [0.5, 0.6) is 0 Å². The number of fused-ring (bicyclic) bond motifs is 1. The predicted octanol–water partition coefficient (Wildman–Crippen LogP) is 5.80. The van der Waals surface area contributed by atoms with E-state index < -0.39 is 28.9 Å². The number of carbonyl (C=O) groups is 2. The van der Waals surface area contributed by atoms with E-state index in [4.69, 9.17) is 11.6 Å². The molecule has 12 heteroatoms. The highest BCUT2D eigenvalue weighted by Gasteiger charge is 2.31. The molecular formula is C19H15ClF3N3O3S2. The fraction of sp³-hybridized carbons (Fsp3) is 0.263. The molecule has 0 fully saturated rings. The first-order valence-electron chi connectivity index (χ1n) is 8.73. The lowest BCUT2D eigenvalue weighted by Crippen LogP contribution is -2.23. The van der Waals surface area contributed by atoms with E-state index >= 15 is 0 Å². The number of carboxylic acids is 1. The number of nitrogens with one attached hydrogen (secondary N) is 1. The van der Waals surface area contributed by atoms with Crippen molar-refractivity contribution >= 4 is 62.5 Å². The SMILES string of the molecule is Cc1nc(SC(C)C(=O)Nc2cc(C(F)(F)F)ccc2Cl)c2c(C)c(C(=O)O)sc2n1. The van der Waals surface area contributed by atoms with Crippen LogP contribution in [0, 0.1) is 13.8 Å². The Kier molecular flexibility index (Phi) is 6.49. The van der Waals surface area contributed by atoms with Crippen molar-refractivity contribution in [2.45, 2.75) is 37.2 Å². The van der Waals surface area contributed by atoms with Crippen LogP contribution in [0.4, 0.5) is 18.9 Å². The summed E-state index contributed by atoms with van der Waals surface area (Å²) in [7, 11) is 0. The van der Waals surface area contributed by atoms with Crippen molar-refractivity contribution in [3.05, 3.63) is 45.1 Å². The Balaban J connectivity index is 1.88. The molecule has 2 aromatic heterocycles. The number of aryl methyl sites for hydroxylation is 2. The van der Waals surface area contributed by atoms with Crippen LogP contribution in [0.1, 0.15) is 33.5 Å². The summed E-state index contributed by atoms with van der Waals surface area (Å²) in [6.45, 7) is 4.84. The van der Waals surface area contributed by atoms with Gasteiger partial charge in [0.2, 0.25) is 5.91 Å². The Bertz CT molecular complexity index is 1200. The van der Waals surface area contributed by atoms with Gasteiger partial charge < -0.3 is 10.4 Å². The number of carboxylic acid groups (broad SMARTS) is 1. The van der Waals surface area contributed by atoms with Crippen LogP contribution >= 0.6 is 34.7 Å². The van der Waals surface area contributed by atoms with Crippen LogP contribution in [0.25, 0.3) is 10.2 Å². The van der Waals surface area contributed by atoms with Crippen molar-refractivity contribution in [1.29, 1.82) is 0 Å². The molecule has 0 bridgehead atoms. The molecule has 2 N–H and O–H groups in total. The molecule has 1 atom stereocenters. The van der Waals surface area contributed by atoms with Crippen LogP contribution in [-0.2, 0) is 11.0 Å². The Morgan fingerprint density at radius 3 is 2.55 bits per heavy atom. The van der Waals surface area contributed by atoms with Gasteiger partial charge in [-0.25, -0.2) is 14.8 Å². The molecule has 3 rings (SSSR count). The second-order valence-corrected chi connectivity index (χ2v) is 9.29. The van der Waals surface area contributed by atoms with E-state index in [0.29, 0.717) is 26.6 Å². The second kappa shape index (κ2) is 8.64. The number of hydrogen-bond donors (Lipinski definition) is 2. The van der Waals surface area contributed by atoms with Crippen molar-refractivity contribution in [1.82, 2.24) is 9.97 Å². The third-order valence-electron chi connectivity index (χ3n) is 4.27. The van der Waals surface area contributed by atoms with Gasteiger partial charge in [0, 0.05) is 5.39 Å². The lowest BCUT2D eigenvalue weighted by molar-refractivity contribution is -0.137. The summed E-state index contributed by atoms with van der Waals surface area (Å²) in [5, 5.41) is 11.9. The molecule has 0 aliphatic carbocycles. The van der Waals surface area contributed by atoms with Crippen LogP contribution < -0.4 is 5.32 Å². The minimum absolute atomic E-state index is 0.0291. The van der Waals surface area contributed by atoms with Gasteiger partial charge in [0.1, 0.15) is 20.6 Å². The van der Waals surface area contributed by atoms with Crippen molar-refractivity contribution in [2.24, 2.45) is 0 Å². The third-order valence-corrected chi connectivity index (χ3v) is 6.86. The first kappa shape index (κ1) is 23.3. The summed E-state index contributed by atoms with van der Waals surface area (Å²) < 4.78 is 38.9. The average molecular weight is 490 g/mol. The molecule has 0 radical (unpaired) electrons. The molecule has 0 aliphatic rings. The Morgan fingerprint density at radius 1 is 1.26 bits per heavy atom. The molecule has 1 unspecified atom stereocenters. The van der Waals surface area contributed by atoms with Gasteiger partial charge in [-0.05, 0) is 44.5 Å².